The molecule has 272 valence electrons. The van der Waals surface area contributed by atoms with Crippen LogP contribution >= 0.6 is 11.8 Å². The molecule has 3 atom stereocenters. The van der Waals surface area contributed by atoms with Crippen LogP contribution in [0.25, 0.3) is 5.57 Å². The molecule has 0 bridgehead atoms. The third-order valence-corrected chi connectivity index (χ3v) is 11.2. The van der Waals surface area contributed by atoms with Gasteiger partial charge in [-0.15, -0.1) is 0 Å². The van der Waals surface area contributed by atoms with E-state index in [0.717, 1.165) is 85.8 Å². The Morgan fingerprint density at radius 2 is 1.88 bits per heavy atom. The van der Waals surface area contributed by atoms with Gasteiger partial charge < -0.3 is 26.2 Å². The van der Waals surface area contributed by atoms with Gasteiger partial charge in [-0.3, -0.25) is 19.5 Å². The van der Waals surface area contributed by atoms with Crippen molar-refractivity contribution >= 4 is 58.7 Å². The van der Waals surface area contributed by atoms with Crippen LogP contribution in [-0.2, 0) is 11.3 Å². The van der Waals surface area contributed by atoms with Gasteiger partial charge in [0.2, 0.25) is 11.9 Å². The number of aliphatic imine (C=N–C) groups is 1. The van der Waals surface area contributed by atoms with E-state index in [4.69, 9.17) is 0 Å². The third-order valence-electron chi connectivity index (χ3n) is 9.68. The lowest BCUT2D eigenvalue weighted by atomic mass is 10.0. The van der Waals surface area contributed by atoms with Gasteiger partial charge >= 0.3 is 6.03 Å². The first-order valence-electron chi connectivity index (χ1n) is 17.9. The Bertz CT molecular complexity index is 1820. The summed E-state index contributed by atoms with van der Waals surface area (Å²) >= 11 is 1.92. The number of anilines is 3. The average Bonchev–Trinajstić information content (AvgIpc) is 3.71. The Balaban J connectivity index is 0.930. The van der Waals surface area contributed by atoms with Crippen molar-refractivity contribution in [3.63, 3.8) is 0 Å². The number of carbonyl (C=O) groups excluding carboxylic acids is 3. The number of piperazine rings is 1. The fourth-order valence-electron chi connectivity index (χ4n) is 6.68. The summed E-state index contributed by atoms with van der Waals surface area (Å²) in [7, 11) is 0. The second-order valence-corrected chi connectivity index (χ2v) is 14.7. The van der Waals surface area contributed by atoms with E-state index >= 15 is 0 Å². The zero-order chi connectivity index (χ0) is 36.5. The molecule has 4 amide bonds. The van der Waals surface area contributed by atoms with Crippen LogP contribution in [0.4, 0.5) is 22.1 Å². The second kappa shape index (κ2) is 17.5. The molecule has 3 aliphatic rings. The number of fused-ring (bicyclic) bond motifs is 1. The number of hydrogen-bond acceptors (Lipinski definition) is 9. The zero-order valence-corrected chi connectivity index (χ0v) is 30.6. The standard InChI is InChI=1S/C39H47N9O3S/c1-4-16-40-23-27(3)31-15-17-41-38(43-31)44-32-22-30(14-9-26(32)2)42-37(50)29-12-10-28(11-13-29)24-47-18-20-48(21-19-47)35(49)8-6-5-7-34-36-33(25-52-34)45-39(51)46-36/h4,9-17,22-23,33-34,36H,1,5-8,18-21,24-25H2,2-3H3,(H,42,50)(H,41,43,44)(H2,45,46,51)/b27-23+,40-16?/t33-,34-,36-/m0/s1. The van der Waals surface area contributed by atoms with Crippen molar-refractivity contribution in [2.45, 2.75) is 63.4 Å². The van der Waals surface area contributed by atoms with Crippen molar-refractivity contribution in [1.29, 1.82) is 0 Å². The number of carbonyl (C=O) groups is 3. The van der Waals surface area contributed by atoms with E-state index in [1.54, 1.807) is 24.7 Å². The number of benzene rings is 2. The number of nitrogens with zero attached hydrogens (tertiary/aromatic N) is 5. The quantitative estimate of drug-likeness (QED) is 0.0934. The lowest BCUT2D eigenvalue weighted by Crippen LogP contribution is -2.48. The number of urea groups is 1. The molecule has 3 saturated heterocycles. The molecule has 3 aliphatic heterocycles. The molecule has 3 fully saturated rings. The fourth-order valence-corrected chi connectivity index (χ4v) is 8.22. The minimum Gasteiger partial charge on any atom is -0.340 e. The van der Waals surface area contributed by atoms with Crippen molar-refractivity contribution in [2.24, 2.45) is 4.99 Å². The predicted octanol–water partition coefficient (Wildman–Crippen LogP) is 5.77. The van der Waals surface area contributed by atoms with Gasteiger partial charge in [0, 0.05) is 85.7 Å². The Hall–Kier alpha value is -5.01. The minimum absolute atomic E-state index is 0.0534. The molecule has 0 aliphatic carbocycles. The lowest BCUT2D eigenvalue weighted by Gasteiger charge is -2.35. The minimum atomic E-state index is -0.193. The van der Waals surface area contributed by atoms with Crippen molar-refractivity contribution in [1.82, 2.24) is 30.4 Å². The Labute approximate surface area is 309 Å². The number of unbranched alkanes of at least 4 members (excludes halogenated alkanes) is 1. The number of allylic oxidation sites excluding steroid dienone is 2. The van der Waals surface area contributed by atoms with Gasteiger partial charge in [-0.05, 0) is 73.7 Å². The van der Waals surface area contributed by atoms with Gasteiger partial charge in [0.15, 0.2) is 0 Å². The molecular formula is C39H47N9O3S. The van der Waals surface area contributed by atoms with Crippen LogP contribution in [0.2, 0.25) is 0 Å². The van der Waals surface area contributed by atoms with E-state index in [2.05, 4.69) is 47.7 Å². The van der Waals surface area contributed by atoms with Crippen LogP contribution in [-0.4, -0.2) is 93.1 Å². The first-order chi connectivity index (χ1) is 25.2. The second-order valence-electron chi connectivity index (χ2n) is 13.4. The van der Waals surface area contributed by atoms with Gasteiger partial charge in [-0.2, -0.15) is 11.8 Å². The van der Waals surface area contributed by atoms with Crippen LogP contribution in [0.5, 0.6) is 0 Å². The summed E-state index contributed by atoms with van der Waals surface area (Å²) in [6.45, 7) is 11.4. The van der Waals surface area contributed by atoms with Crippen LogP contribution in [0.15, 0.2) is 78.6 Å². The third kappa shape index (κ3) is 9.65. The molecule has 3 aromatic rings. The van der Waals surface area contributed by atoms with Gasteiger partial charge in [0.1, 0.15) is 0 Å². The summed E-state index contributed by atoms with van der Waals surface area (Å²) in [5, 5.41) is 12.7. The van der Waals surface area contributed by atoms with Crippen molar-refractivity contribution in [3.05, 3.63) is 96.0 Å². The van der Waals surface area contributed by atoms with Gasteiger partial charge in [-0.25, -0.2) is 14.8 Å². The summed E-state index contributed by atoms with van der Waals surface area (Å²) in [6, 6.07) is 15.6. The van der Waals surface area contributed by atoms with Crippen molar-refractivity contribution < 1.29 is 14.4 Å². The maximum absolute atomic E-state index is 13.2. The summed E-state index contributed by atoms with van der Waals surface area (Å²) in [5.74, 6) is 1.44. The molecule has 12 nitrogen and oxygen atoms in total. The van der Waals surface area contributed by atoms with Crippen LogP contribution in [0.3, 0.4) is 0 Å². The number of nitrogens with one attached hydrogen (secondary N) is 4. The van der Waals surface area contributed by atoms with Crippen LogP contribution < -0.4 is 21.3 Å². The number of hydrogen-bond donors (Lipinski definition) is 4. The summed E-state index contributed by atoms with van der Waals surface area (Å²) in [4.78, 5) is 55.1. The molecule has 0 unspecified atom stereocenters. The first-order valence-corrected chi connectivity index (χ1v) is 18.9. The number of rotatable bonds is 14. The maximum atomic E-state index is 13.2. The van der Waals surface area contributed by atoms with Gasteiger partial charge in [0.05, 0.1) is 17.8 Å². The highest BCUT2D eigenvalue weighted by atomic mass is 32.2. The molecule has 6 rings (SSSR count). The van der Waals surface area contributed by atoms with Crippen molar-refractivity contribution in [2.75, 3.05) is 42.6 Å². The van der Waals surface area contributed by atoms with E-state index < -0.39 is 0 Å². The molecular weight excluding hydrogens is 675 g/mol. The molecule has 4 heterocycles. The highest BCUT2D eigenvalue weighted by Gasteiger charge is 2.42. The number of aryl methyl sites for hydroxylation is 1. The molecule has 1 aromatic heterocycles. The van der Waals surface area contributed by atoms with E-state index in [1.807, 2.05) is 79.0 Å². The number of amides is 4. The smallest absolute Gasteiger partial charge is 0.315 e. The summed E-state index contributed by atoms with van der Waals surface area (Å²) in [6.07, 6.45) is 10.1. The molecule has 13 heteroatoms. The van der Waals surface area contributed by atoms with E-state index in [-0.39, 0.29) is 29.9 Å². The Morgan fingerprint density at radius 1 is 1.08 bits per heavy atom. The summed E-state index contributed by atoms with van der Waals surface area (Å²) in [5.41, 5.74) is 5.75. The highest BCUT2D eigenvalue weighted by molar-refractivity contribution is 8.00. The number of thioether (sulfide) groups is 1. The normalized spacial score (nSPS) is 20.3. The Kier molecular flexibility index (Phi) is 12.4. The topological polar surface area (TPSA) is 144 Å². The van der Waals surface area contributed by atoms with E-state index in [0.29, 0.717) is 28.9 Å². The summed E-state index contributed by atoms with van der Waals surface area (Å²) < 4.78 is 0. The lowest BCUT2D eigenvalue weighted by molar-refractivity contribution is -0.133. The molecule has 0 spiro atoms. The molecule has 0 radical (unpaired) electrons. The van der Waals surface area contributed by atoms with Crippen molar-refractivity contribution in [3.8, 4) is 0 Å². The first kappa shape index (κ1) is 36.8. The van der Waals surface area contributed by atoms with Crippen LogP contribution in [0, 0.1) is 6.92 Å². The van der Waals surface area contributed by atoms with E-state index in [9.17, 15) is 14.4 Å². The predicted molar refractivity (Wildman–Crippen MR) is 209 cm³/mol. The zero-order valence-electron chi connectivity index (χ0n) is 29.8. The van der Waals surface area contributed by atoms with Gasteiger partial charge in [-0.1, -0.05) is 37.3 Å². The fraction of sp³-hybridized carbons (Fsp3) is 0.385. The van der Waals surface area contributed by atoms with E-state index in [1.165, 1.54) is 0 Å². The molecule has 2 aromatic carbocycles. The maximum Gasteiger partial charge on any atom is 0.315 e. The molecule has 0 saturated carbocycles. The Morgan fingerprint density at radius 3 is 2.67 bits per heavy atom. The van der Waals surface area contributed by atoms with Crippen LogP contribution in [0.1, 0.15) is 59.8 Å². The molecule has 52 heavy (non-hydrogen) atoms. The SMILES string of the molecule is C=CC=N/C=C(\C)c1ccnc(Nc2cc(NC(=O)c3ccc(CN4CCN(C(=O)CCCC[C@@H]5SC[C@@H]6NC(=O)N[C@@H]65)CC4)cc3)ccc2C)n1. The molecule has 4 N–H and O–H groups in total. The average molecular weight is 722 g/mol. The number of aromatic nitrogens is 2. The highest BCUT2D eigenvalue weighted by Crippen LogP contribution is 2.33. The monoisotopic (exact) mass is 721 g/mol. The van der Waals surface area contributed by atoms with Gasteiger partial charge in [0.25, 0.3) is 5.91 Å². The largest absolute Gasteiger partial charge is 0.340 e.